The number of rotatable bonds is 5. The molecule has 0 spiro atoms. The smallest absolute Gasteiger partial charge is 0.267 e. The highest BCUT2D eigenvalue weighted by Gasteiger charge is 2.26. The fraction of sp³-hybridized carbons (Fsp3) is 0.263. The fourth-order valence-electron chi connectivity index (χ4n) is 2.86. The van der Waals surface area contributed by atoms with E-state index in [2.05, 4.69) is 26.5 Å². The van der Waals surface area contributed by atoms with Crippen molar-refractivity contribution in [1.29, 1.82) is 0 Å². The van der Waals surface area contributed by atoms with E-state index in [0.717, 1.165) is 29.3 Å². The van der Waals surface area contributed by atoms with Crippen LogP contribution in [0.1, 0.15) is 35.2 Å². The number of nitrogens with one attached hydrogen (secondary N) is 1. The Bertz CT molecular complexity index is 954. The number of carbonyl (C=O) groups is 1. The number of carbonyl (C=O) groups excluding carboxylic acids is 1. The highest BCUT2D eigenvalue weighted by molar-refractivity contribution is 9.10. The van der Waals surface area contributed by atoms with E-state index in [9.17, 15) is 13.2 Å². The first-order valence-corrected chi connectivity index (χ1v) is 10.9. The Hall–Kier alpha value is -2.03. The van der Waals surface area contributed by atoms with E-state index >= 15 is 0 Å². The number of piperidine rings is 1. The van der Waals surface area contributed by atoms with Crippen LogP contribution < -0.4 is 5.43 Å². The highest BCUT2D eigenvalue weighted by Crippen LogP contribution is 2.21. The molecule has 1 saturated heterocycles. The Balaban J connectivity index is 1.73. The van der Waals surface area contributed by atoms with Crippen molar-refractivity contribution in [3.8, 4) is 0 Å². The lowest BCUT2D eigenvalue weighted by molar-refractivity contribution is 0.0955. The van der Waals surface area contributed by atoms with E-state index in [0.29, 0.717) is 13.1 Å². The summed E-state index contributed by atoms with van der Waals surface area (Å²) in [6, 6.07) is 13.5. The van der Waals surface area contributed by atoms with Gasteiger partial charge in [-0.1, -0.05) is 46.6 Å². The van der Waals surface area contributed by atoms with Gasteiger partial charge in [0.15, 0.2) is 0 Å². The Kier molecular flexibility index (Phi) is 6.41. The lowest BCUT2D eigenvalue weighted by Gasteiger charge is -2.25. The molecule has 0 radical (unpaired) electrons. The van der Waals surface area contributed by atoms with Crippen molar-refractivity contribution in [2.45, 2.75) is 24.2 Å². The van der Waals surface area contributed by atoms with Crippen LogP contribution >= 0.6 is 15.9 Å². The highest BCUT2D eigenvalue weighted by atomic mass is 79.9. The van der Waals surface area contributed by atoms with E-state index in [1.807, 2.05) is 24.3 Å². The second kappa shape index (κ2) is 8.77. The molecule has 0 bridgehead atoms. The predicted octanol–water partition coefficient (Wildman–Crippen LogP) is 3.39. The molecule has 2 aromatic rings. The largest absolute Gasteiger partial charge is 0.271 e. The van der Waals surface area contributed by atoms with Gasteiger partial charge in [0.05, 0.1) is 11.1 Å². The van der Waals surface area contributed by atoms with Crippen LogP contribution in [0.25, 0.3) is 0 Å². The molecule has 0 aliphatic carbocycles. The zero-order chi connectivity index (χ0) is 19.3. The fourth-order valence-corrected chi connectivity index (χ4v) is 4.81. The van der Waals surface area contributed by atoms with Gasteiger partial charge in [-0.15, -0.1) is 0 Å². The average Bonchev–Trinajstić information content (AvgIpc) is 2.70. The summed E-state index contributed by atoms with van der Waals surface area (Å²) in [5.74, 6) is -0.464. The maximum Gasteiger partial charge on any atom is 0.271 e. The van der Waals surface area contributed by atoms with Crippen molar-refractivity contribution in [1.82, 2.24) is 9.73 Å². The van der Waals surface area contributed by atoms with Crippen molar-refractivity contribution in [2.24, 2.45) is 5.10 Å². The SMILES string of the molecule is O=C(NN=Cc1ccccc1Br)c1cccc(S(=O)(=O)N2CCCCC2)c1. The first kappa shape index (κ1) is 19.7. The summed E-state index contributed by atoms with van der Waals surface area (Å²) in [6.07, 6.45) is 4.30. The zero-order valence-corrected chi connectivity index (χ0v) is 17.0. The maximum absolute atomic E-state index is 12.8. The van der Waals surface area contributed by atoms with Crippen LogP contribution in [-0.2, 0) is 10.0 Å². The number of sulfonamides is 1. The first-order chi connectivity index (χ1) is 13.0. The van der Waals surface area contributed by atoms with Gasteiger partial charge in [-0.05, 0) is 37.1 Å². The minimum absolute atomic E-state index is 0.131. The average molecular weight is 450 g/mol. The molecular formula is C19H20BrN3O3S. The van der Waals surface area contributed by atoms with Gasteiger partial charge >= 0.3 is 0 Å². The van der Waals surface area contributed by atoms with E-state index < -0.39 is 15.9 Å². The number of amides is 1. The summed E-state index contributed by atoms with van der Waals surface area (Å²) in [5.41, 5.74) is 3.50. The molecular weight excluding hydrogens is 430 g/mol. The maximum atomic E-state index is 12.8. The van der Waals surface area contributed by atoms with Crippen molar-refractivity contribution < 1.29 is 13.2 Å². The van der Waals surface area contributed by atoms with Crippen LogP contribution in [0.3, 0.4) is 0 Å². The Morgan fingerprint density at radius 2 is 1.81 bits per heavy atom. The summed E-state index contributed by atoms with van der Waals surface area (Å²) in [6.45, 7) is 1.05. The molecule has 1 aliphatic heterocycles. The number of nitrogens with zero attached hydrogens (tertiary/aromatic N) is 2. The van der Waals surface area contributed by atoms with E-state index in [4.69, 9.17) is 0 Å². The quantitative estimate of drug-likeness (QED) is 0.561. The molecule has 1 amide bonds. The first-order valence-electron chi connectivity index (χ1n) is 8.66. The zero-order valence-electron chi connectivity index (χ0n) is 14.6. The molecule has 0 atom stereocenters. The molecule has 1 heterocycles. The van der Waals surface area contributed by atoms with Crippen molar-refractivity contribution in [3.63, 3.8) is 0 Å². The topological polar surface area (TPSA) is 78.8 Å². The van der Waals surface area contributed by atoms with E-state index in [1.54, 1.807) is 12.1 Å². The van der Waals surface area contributed by atoms with Gasteiger partial charge in [-0.3, -0.25) is 4.79 Å². The normalized spacial score (nSPS) is 15.7. The van der Waals surface area contributed by atoms with Crippen molar-refractivity contribution in [2.75, 3.05) is 13.1 Å². The number of hydrogen-bond acceptors (Lipinski definition) is 4. The van der Waals surface area contributed by atoms with Gasteiger partial charge < -0.3 is 0 Å². The van der Waals surface area contributed by atoms with Crippen LogP contribution in [0.4, 0.5) is 0 Å². The standard InChI is InChI=1S/C19H20BrN3O3S/c20-18-10-3-2-7-16(18)14-21-22-19(24)15-8-6-9-17(13-15)27(25,26)23-11-4-1-5-12-23/h2-3,6-10,13-14H,1,4-5,11-12H2,(H,22,24). The van der Waals surface area contributed by atoms with Gasteiger partial charge in [0.25, 0.3) is 5.91 Å². The summed E-state index contributed by atoms with van der Waals surface area (Å²) in [4.78, 5) is 12.5. The van der Waals surface area contributed by atoms with Gasteiger partial charge in [0, 0.05) is 28.7 Å². The molecule has 0 aromatic heterocycles. The van der Waals surface area contributed by atoms with E-state index in [-0.39, 0.29) is 10.5 Å². The van der Waals surface area contributed by atoms with Crippen molar-refractivity contribution in [3.05, 3.63) is 64.1 Å². The lowest BCUT2D eigenvalue weighted by Crippen LogP contribution is -2.35. The summed E-state index contributed by atoms with van der Waals surface area (Å²) < 4.78 is 27.9. The van der Waals surface area contributed by atoms with Crippen LogP contribution in [0.15, 0.2) is 63.0 Å². The third-order valence-corrected chi connectivity index (χ3v) is 6.94. The molecule has 0 saturated carbocycles. The van der Waals surface area contributed by atoms with Crippen molar-refractivity contribution >= 4 is 38.1 Å². The second-order valence-corrected chi connectivity index (χ2v) is 9.01. The third kappa shape index (κ3) is 4.82. The molecule has 3 rings (SSSR count). The summed E-state index contributed by atoms with van der Waals surface area (Å²) >= 11 is 3.40. The predicted molar refractivity (Wildman–Crippen MR) is 108 cm³/mol. The van der Waals surface area contributed by atoms with Crippen LogP contribution in [-0.4, -0.2) is 37.9 Å². The third-order valence-electron chi connectivity index (χ3n) is 4.32. The van der Waals surface area contributed by atoms with Crippen LogP contribution in [0.5, 0.6) is 0 Å². The molecule has 142 valence electrons. The molecule has 1 aliphatic rings. The minimum atomic E-state index is -3.58. The Morgan fingerprint density at radius 3 is 2.56 bits per heavy atom. The number of hydrogen-bond donors (Lipinski definition) is 1. The molecule has 6 nitrogen and oxygen atoms in total. The molecule has 2 aromatic carbocycles. The Morgan fingerprint density at radius 1 is 1.07 bits per heavy atom. The molecule has 1 fully saturated rings. The molecule has 0 unspecified atom stereocenters. The molecule has 8 heteroatoms. The minimum Gasteiger partial charge on any atom is -0.267 e. The molecule has 1 N–H and O–H groups in total. The number of hydrazone groups is 1. The number of halogens is 1. The summed E-state index contributed by atoms with van der Waals surface area (Å²) in [5, 5.41) is 3.95. The monoisotopic (exact) mass is 449 g/mol. The Labute approximate surface area is 167 Å². The van der Waals surface area contributed by atoms with Gasteiger partial charge in [0.1, 0.15) is 0 Å². The second-order valence-electron chi connectivity index (χ2n) is 6.21. The van der Waals surface area contributed by atoms with Crippen LogP contribution in [0.2, 0.25) is 0 Å². The number of benzene rings is 2. The lowest BCUT2D eigenvalue weighted by atomic mass is 10.2. The van der Waals surface area contributed by atoms with Crippen LogP contribution in [0, 0.1) is 0 Å². The summed E-state index contributed by atoms with van der Waals surface area (Å²) in [7, 11) is -3.58. The van der Waals surface area contributed by atoms with Gasteiger partial charge in [0.2, 0.25) is 10.0 Å². The van der Waals surface area contributed by atoms with E-state index in [1.165, 1.54) is 22.7 Å². The molecule has 27 heavy (non-hydrogen) atoms. The van der Waals surface area contributed by atoms with Gasteiger partial charge in [-0.25, -0.2) is 13.8 Å². The van der Waals surface area contributed by atoms with Gasteiger partial charge in [-0.2, -0.15) is 9.41 Å².